The highest BCUT2D eigenvalue weighted by atomic mass is 79.9. The molecule has 1 amide bonds. The number of anilines is 1. The molecule has 0 unspecified atom stereocenters. The van der Waals surface area contributed by atoms with Crippen LogP contribution in [0, 0.1) is 13.8 Å². The summed E-state index contributed by atoms with van der Waals surface area (Å²) in [4.78, 5) is 10.8. The second-order valence-corrected chi connectivity index (χ2v) is 4.12. The van der Waals surface area contributed by atoms with E-state index in [-0.39, 0.29) is 0 Å². The summed E-state index contributed by atoms with van der Waals surface area (Å²) in [6, 6.07) is 3.52. The Kier molecular flexibility index (Phi) is 3.79. The van der Waals surface area contributed by atoms with Gasteiger partial charge in [-0.1, -0.05) is 15.9 Å². The molecule has 1 rings (SSSR count). The number of benzene rings is 1. The molecule has 0 aliphatic rings. The molecular formula is C10H10BrF2NO. The van der Waals surface area contributed by atoms with Crippen molar-refractivity contribution in [2.45, 2.75) is 20.3 Å². The summed E-state index contributed by atoms with van der Waals surface area (Å²) in [5.74, 6) is -1.27. The third-order valence-electron chi connectivity index (χ3n) is 1.94. The SMILES string of the molecule is Cc1cc(Br)cc(C)c1NC(=O)C(F)F. The van der Waals surface area contributed by atoms with Crippen molar-refractivity contribution in [2.75, 3.05) is 5.32 Å². The van der Waals surface area contributed by atoms with Crippen LogP contribution in [-0.4, -0.2) is 12.3 Å². The second kappa shape index (κ2) is 4.70. The van der Waals surface area contributed by atoms with Gasteiger partial charge in [0.15, 0.2) is 0 Å². The van der Waals surface area contributed by atoms with Crippen molar-refractivity contribution >= 4 is 27.5 Å². The predicted octanol–water partition coefficient (Wildman–Crippen LogP) is 3.27. The number of hydrogen-bond acceptors (Lipinski definition) is 1. The van der Waals surface area contributed by atoms with Crippen LogP contribution in [0.3, 0.4) is 0 Å². The van der Waals surface area contributed by atoms with Crippen LogP contribution in [0.5, 0.6) is 0 Å². The van der Waals surface area contributed by atoms with Crippen LogP contribution in [0.15, 0.2) is 16.6 Å². The largest absolute Gasteiger partial charge is 0.321 e. The molecule has 2 nitrogen and oxygen atoms in total. The van der Waals surface area contributed by atoms with Gasteiger partial charge >= 0.3 is 6.43 Å². The van der Waals surface area contributed by atoms with Gasteiger partial charge in [0.2, 0.25) is 0 Å². The van der Waals surface area contributed by atoms with E-state index in [4.69, 9.17) is 0 Å². The number of halogens is 3. The molecule has 0 fully saturated rings. The summed E-state index contributed by atoms with van der Waals surface area (Å²) >= 11 is 3.28. The lowest BCUT2D eigenvalue weighted by Crippen LogP contribution is -2.21. The molecule has 0 aliphatic heterocycles. The van der Waals surface area contributed by atoms with Crippen LogP contribution in [0.25, 0.3) is 0 Å². The van der Waals surface area contributed by atoms with Crippen molar-refractivity contribution in [3.63, 3.8) is 0 Å². The smallest absolute Gasteiger partial charge is 0.315 e. The quantitative estimate of drug-likeness (QED) is 0.883. The number of carbonyl (C=O) groups is 1. The molecule has 82 valence electrons. The minimum absolute atomic E-state index is 0.448. The summed E-state index contributed by atoms with van der Waals surface area (Å²) in [5.41, 5.74) is 1.94. The molecular weight excluding hydrogens is 268 g/mol. The highest BCUT2D eigenvalue weighted by Crippen LogP contribution is 2.25. The van der Waals surface area contributed by atoms with Gasteiger partial charge in [-0.2, -0.15) is 8.78 Å². The fraction of sp³-hybridized carbons (Fsp3) is 0.300. The Morgan fingerprint density at radius 1 is 1.33 bits per heavy atom. The molecule has 0 bridgehead atoms. The number of amides is 1. The van der Waals surface area contributed by atoms with E-state index in [1.807, 2.05) is 0 Å². The van der Waals surface area contributed by atoms with Gasteiger partial charge in [0.05, 0.1) is 0 Å². The van der Waals surface area contributed by atoms with Crippen molar-refractivity contribution in [2.24, 2.45) is 0 Å². The number of rotatable bonds is 2. The fourth-order valence-electron chi connectivity index (χ4n) is 1.29. The van der Waals surface area contributed by atoms with Gasteiger partial charge in [0.25, 0.3) is 5.91 Å². The van der Waals surface area contributed by atoms with Crippen LogP contribution >= 0.6 is 15.9 Å². The van der Waals surface area contributed by atoms with Gasteiger partial charge in [-0.15, -0.1) is 0 Å². The summed E-state index contributed by atoms with van der Waals surface area (Å²) in [6.45, 7) is 3.50. The predicted molar refractivity (Wildman–Crippen MR) is 58.2 cm³/mol. The van der Waals surface area contributed by atoms with Gasteiger partial charge in [-0.05, 0) is 37.1 Å². The molecule has 0 aliphatic carbocycles. The third-order valence-corrected chi connectivity index (χ3v) is 2.40. The van der Waals surface area contributed by atoms with E-state index >= 15 is 0 Å². The Hall–Kier alpha value is -0.970. The Bertz CT molecular complexity index is 370. The highest BCUT2D eigenvalue weighted by molar-refractivity contribution is 9.10. The van der Waals surface area contributed by atoms with E-state index < -0.39 is 12.3 Å². The van der Waals surface area contributed by atoms with E-state index in [2.05, 4.69) is 21.2 Å². The van der Waals surface area contributed by atoms with Crippen LogP contribution in [0.4, 0.5) is 14.5 Å². The van der Waals surface area contributed by atoms with Crippen LogP contribution in [-0.2, 0) is 4.79 Å². The Labute approximate surface area is 94.8 Å². The molecule has 0 saturated heterocycles. The first-order valence-corrected chi connectivity index (χ1v) is 5.07. The summed E-state index contributed by atoms with van der Waals surface area (Å²) in [7, 11) is 0. The van der Waals surface area contributed by atoms with E-state index in [1.165, 1.54) is 0 Å². The molecule has 1 aromatic carbocycles. The van der Waals surface area contributed by atoms with Crippen molar-refractivity contribution < 1.29 is 13.6 Å². The maximum atomic E-state index is 12.0. The number of alkyl halides is 2. The molecule has 1 aromatic rings. The molecule has 0 spiro atoms. The molecule has 0 saturated carbocycles. The Morgan fingerprint density at radius 3 is 2.20 bits per heavy atom. The number of nitrogens with one attached hydrogen (secondary N) is 1. The molecule has 0 atom stereocenters. The first-order chi connectivity index (χ1) is 6.91. The molecule has 0 aromatic heterocycles. The lowest BCUT2D eigenvalue weighted by Gasteiger charge is -2.11. The summed E-state index contributed by atoms with van der Waals surface area (Å²) in [6.07, 6.45) is -2.99. The van der Waals surface area contributed by atoms with Gasteiger partial charge < -0.3 is 5.32 Å². The van der Waals surface area contributed by atoms with Crippen LogP contribution < -0.4 is 5.32 Å². The molecule has 5 heteroatoms. The zero-order valence-corrected chi connectivity index (χ0v) is 9.86. The molecule has 0 radical (unpaired) electrons. The summed E-state index contributed by atoms with van der Waals surface area (Å²) < 4.78 is 24.9. The van der Waals surface area contributed by atoms with Crippen LogP contribution in [0.2, 0.25) is 0 Å². The molecule has 0 heterocycles. The maximum absolute atomic E-state index is 12.0. The average molecular weight is 278 g/mol. The zero-order chi connectivity index (χ0) is 11.6. The van der Waals surface area contributed by atoms with Gasteiger partial charge in [-0.25, -0.2) is 0 Å². The molecule has 1 N–H and O–H groups in total. The van der Waals surface area contributed by atoms with Gasteiger partial charge in [0.1, 0.15) is 0 Å². The summed E-state index contributed by atoms with van der Waals surface area (Å²) in [5, 5.41) is 2.20. The van der Waals surface area contributed by atoms with Crippen molar-refractivity contribution in [1.82, 2.24) is 0 Å². The first kappa shape index (κ1) is 12.1. The fourth-order valence-corrected chi connectivity index (χ4v) is 1.97. The first-order valence-electron chi connectivity index (χ1n) is 4.27. The van der Waals surface area contributed by atoms with E-state index in [1.54, 1.807) is 26.0 Å². The standard InChI is InChI=1S/C10H10BrF2NO/c1-5-3-7(11)4-6(2)8(5)14-10(15)9(12)13/h3-4,9H,1-2H3,(H,14,15). The number of aryl methyl sites for hydroxylation is 2. The zero-order valence-electron chi connectivity index (χ0n) is 8.27. The normalized spacial score (nSPS) is 10.5. The van der Waals surface area contributed by atoms with E-state index in [0.717, 1.165) is 15.6 Å². The van der Waals surface area contributed by atoms with Crippen molar-refractivity contribution in [3.05, 3.63) is 27.7 Å². The Balaban J connectivity index is 3.00. The Morgan fingerprint density at radius 2 is 1.80 bits per heavy atom. The number of hydrogen-bond donors (Lipinski definition) is 1. The van der Waals surface area contributed by atoms with E-state index in [0.29, 0.717) is 5.69 Å². The third kappa shape index (κ3) is 2.99. The number of carbonyl (C=O) groups excluding carboxylic acids is 1. The molecule has 15 heavy (non-hydrogen) atoms. The second-order valence-electron chi connectivity index (χ2n) is 3.20. The van der Waals surface area contributed by atoms with E-state index in [9.17, 15) is 13.6 Å². The van der Waals surface area contributed by atoms with Crippen molar-refractivity contribution in [3.8, 4) is 0 Å². The van der Waals surface area contributed by atoms with Crippen LogP contribution in [0.1, 0.15) is 11.1 Å². The topological polar surface area (TPSA) is 29.1 Å². The average Bonchev–Trinajstić information content (AvgIpc) is 2.10. The maximum Gasteiger partial charge on any atom is 0.315 e. The minimum Gasteiger partial charge on any atom is -0.321 e. The highest BCUT2D eigenvalue weighted by Gasteiger charge is 2.17. The van der Waals surface area contributed by atoms with Gasteiger partial charge in [-0.3, -0.25) is 4.79 Å². The monoisotopic (exact) mass is 277 g/mol. The lowest BCUT2D eigenvalue weighted by atomic mass is 10.1. The minimum atomic E-state index is -2.99. The lowest BCUT2D eigenvalue weighted by molar-refractivity contribution is -0.126. The van der Waals surface area contributed by atoms with Crippen molar-refractivity contribution in [1.29, 1.82) is 0 Å². The van der Waals surface area contributed by atoms with Gasteiger partial charge in [0, 0.05) is 10.2 Å².